The predicted molar refractivity (Wildman–Crippen MR) is 105 cm³/mol. The summed E-state index contributed by atoms with van der Waals surface area (Å²) >= 11 is 0. The molecule has 0 atom stereocenters. The Morgan fingerprint density at radius 1 is 0.885 bits per heavy atom. The van der Waals surface area contributed by atoms with Crippen molar-refractivity contribution in [2.75, 3.05) is 5.32 Å². The number of carbonyl (C=O) groups excluding carboxylic acids is 1. The van der Waals surface area contributed by atoms with Crippen molar-refractivity contribution < 1.29 is 4.79 Å². The summed E-state index contributed by atoms with van der Waals surface area (Å²) in [4.78, 5) is 25.4. The third-order valence-electron chi connectivity index (χ3n) is 4.61. The van der Waals surface area contributed by atoms with Crippen molar-refractivity contribution in [3.8, 4) is 5.69 Å². The minimum Gasteiger partial charge on any atom is -0.322 e. The Balaban J connectivity index is 2.13. The van der Waals surface area contributed by atoms with E-state index in [1.807, 2.05) is 80.8 Å². The lowest BCUT2D eigenvalue weighted by Crippen LogP contribution is -2.27. The van der Waals surface area contributed by atoms with E-state index < -0.39 is 0 Å². The molecule has 0 fully saturated rings. The highest BCUT2D eigenvalue weighted by Gasteiger charge is 2.19. The molecule has 1 amide bonds. The third-order valence-corrected chi connectivity index (χ3v) is 4.61. The summed E-state index contributed by atoms with van der Waals surface area (Å²) in [6.07, 6.45) is 0. The first-order chi connectivity index (χ1) is 12.4. The number of pyridine rings is 1. The molecule has 0 saturated carbocycles. The van der Waals surface area contributed by atoms with Crippen molar-refractivity contribution in [2.45, 2.75) is 27.7 Å². The van der Waals surface area contributed by atoms with E-state index in [0.29, 0.717) is 11.4 Å². The van der Waals surface area contributed by atoms with Gasteiger partial charge in [0.15, 0.2) is 5.43 Å². The van der Waals surface area contributed by atoms with Gasteiger partial charge in [0.2, 0.25) is 0 Å². The van der Waals surface area contributed by atoms with Crippen LogP contribution in [0.5, 0.6) is 0 Å². The van der Waals surface area contributed by atoms with E-state index in [2.05, 4.69) is 5.32 Å². The fourth-order valence-corrected chi connectivity index (χ4v) is 3.24. The predicted octanol–water partition coefficient (Wildman–Crippen LogP) is 4.32. The van der Waals surface area contributed by atoms with Gasteiger partial charge in [-0.3, -0.25) is 9.59 Å². The molecule has 0 saturated heterocycles. The zero-order chi connectivity index (χ0) is 18.8. The number of carbonyl (C=O) groups is 1. The molecule has 26 heavy (non-hydrogen) atoms. The van der Waals surface area contributed by atoms with Crippen molar-refractivity contribution in [3.05, 3.63) is 92.9 Å². The first-order valence-corrected chi connectivity index (χ1v) is 8.56. The van der Waals surface area contributed by atoms with Crippen LogP contribution in [0.4, 0.5) is 5.69 Å². The Labute approximate surface area is 153 Å². The van der Waals surface area contributed by atoms with Crippen LogP contribution in [0.2, 0.25) is 0 Å². The van der Waals surface area contributed by atoms with Gasteiger partial charge >= 0.3 is 0 Å². The number of nitrogens with one attached hydrogen (secondary N) is 1. The number of aryl methyl sites for hydroxylation is 3. The van der Waals surface area contributed by atoms with E-state index >= 15 is 0 Å². The third kappa shape index (κ3) is 3.18. The van der Waals surface area contributed by atoms with Gasteiger partial charge in [-0.1, -0.05) is 36.4 Å². The van der Waals surface area contributed by atoms with E-state index in [1.54, 1.807) is 0 Å². The number of rotatable bonds is 3. The number of amides is 1. The molecule has 4 nitrogen and oxygen atoms in total. The summed E-state index contributed by atoms with van der Waals surface area (Å²) in [5.74, 6) is -0.385. The lowest BCUT2D eigenvalue weighted by molar-refractivity contribution is 0.102. The molecule has 2 aromatic carbocycles. The molecule has 4 heteroatoms. The number of anilines is 1. The Morgan fingerprint density at radius 2 is 1.50 bits per heavy atom. The monoisotopic (exact) mass is 346 g/mol. The second kappa shape index (κ2) is 7.00. The molecule has 132 valence electrons. The van der Waals surface area contributed by atoms with Crippen LogP contribution in [0.1, 0.15) is 32.9 Å². The van der Waals surface area contributed by atoms with Gasteiger partial charge in [0.05, 0.1) is 0 Å². The number of para-hydroxylation sites is 2. The molecule has 3 aromatic rings. The molecule has 1 heterocycles. The molecule has 0 aliphatic rings. The Bertz CT molecular complexity index is 1050. The van der Waals surface area contributed by atoms with E-state index in [4.69, 9.17) is 0 Å². The number of nitrogens with zero attached hydrogens (tertiary/aromatic N) is 1. The number of benzene rings is 2. The molecule has 0 unspecified atom stereocenters. The van der Waals surface area contributed by atoms with E-state index in [1.165, 1.54) is 6.07 Å². The summed E-state index contributed by atoms with van der Waals surface area (Å²) in [5, 5.41) is 2.87. The van der Waals surface area contributed by atoms with Gasteiger partial charge in [-0.25, -0.2) is 0 Å². The minimum absolute atomic E-state index is 0.169. The zero-order valence-corrected chi connectivity index (χ0v) is 15.5. The van der Waals surface area contributed by atoms with Crippen LogP contribution in [-0.2, 0) is 0 Å². The lowest BCUT2D eigenvalue weighted by atomic mass is 10.1. The minimum atomic E-state index is -0.385. The van der Waals surface area contributed by atoms with Gasteiger partial charge in [0.25, 0.3) is 5.91 Å². The van der Waals surface area contributed by atoms with Crippen LogP contribution in [0.25, 0.3) is 5.69 Å². The maximum absolute atomic E-state index is 12.9. The summed E-state index contributed by atoms with van der Waals surface area (Å²) in [6, 6.07) is 17.0. The first kappa shape index (κ1) is 17.7. The average Bonchev–Trinajstić information content (AvgIpc) is 2.58. The van der Waals surface area contributed by atoms with Crippen LogP contribution in [-0.4, -0.2) is 10.5 Å². The molecular weight excluding hydrogens is 324 g/mol. The Morgan fingerprint density at radius 3 is 2.15 bits per heavy atom. The normalized spacial score (nSPS) is 10.6. The SMILES string of the molecule is Cc1ccccc1NC(=O)c1c(C)n(-c2ccccc2C)c(C)cc1=O. The Kier molecular flexibility index (Phi) is 4.76. The topological polar surface area (TPSA) is 51.1 Å². The highest BCUT2D eigenvalue weighted by atomic mass is 16.2. The average molecular weight is 346 g/mol. The van der Waals surface area contributed by atoms with Crippen molar-refractivity contribution >= 4 is 11.6 Å². The first-order valence-electron chi connectivity index (χ1n) is 8.56. The smallest absolute Gasteiger partial charge is 0.261 e. The summed E-state index contributed by atoms with van der Waals surface area (Å²) in [5.41, 5.74) is 5.03. The summed E-state index contributed by atoms with van der Waals surface area (Å²) in [7, 11) is 0. The molecular formula is C22H22N2O2. The molecule has 0 aliphatic carbocycles. The van der Waals surface area contributed by atoms with Gasteiger partial charge in [-0.15, -0.1) is 0 Å². The second-order valence-corrected chi connectivity index (χ2v) is 6.50. The molecule has 3 rings (SSSR count). The highest BCUT2D eigenvalue weighted by Crippen LogP contribution is 2.20. The van der Waals surface area contributed by atoms with Crippen LogP contribution in [0, 0.1) is 27.7 Å². The fraction of sp³-hybridized carbons (Fsp3) is 0.182. The van der Waals surface area contributed by atoms with Crippen molar-refractivity contribution in [1.82, 2.24) is 4.57 Å². The van der Waals surface area contributed by atoms with Crippen LogP contribution >= 0.6 is 0 Å². The largest absolute Gasteiger partial charge is 0.322 e. The standard InChI is InChI=1S/C22H22N2O2/c1-14-9-5-7-11-18(14)23-22(26)21-17(4)24(16(3)13-20(21)25)19-12-8-6-10-15(19)2/h5-13H,1-4H3,(H,23,26). The van der Waals surface area contributed by atoms with Crippen LogP contribution in [0.15, 0.2) is 59.4 Å². The van der Waals surface area contributed by atoms with Gasteiger partial charge in [-0.2, -0.15) is 0 Å². The number of hydrogen-bond donors (Lipinski definition) is 1. The number of aromatic nitrogens is 1. The fourth-order valence-electron chi connectivity index (χ4n) is 3.24. The van der Waals surface area contributed by atoms with Gasteiger partial charge in [0, 0.05) is 28.8 Å². The maximum atomic E-state index is 12.9. The lowest BCUT2D eigenvalue weighted by Gasteiger charge is -2.19. The zero-order valence-electron chi connectivity index (χ0n) is 15.5. The van der Waals surface area contributed by atoms with E-state index in [-0.39, 0.29) is 16.9 Å². The maximum Gasteiger partial charge on any atom is 0.261 e. The quantitative estimate of drug-likeness (QED) is 0.768. The molecule has 0 spiro atoms. The molecule has 1 N–H and O–H groups in total. The van der Waals surface area contributed by atoms with Crippen LogP contribution in [0.3, 0.4) is 0 Å². The molecule has 1 aromatic heterocycles. The second-order valence-electron chi connectivity index (χ2n) is 6.50. The summed E-state index contributed by atoms with van der Waals surface area (Å²) < 4.78 is 1.96. The van der Waals surface area contributed by atoms with Gasteiger partial charge in [-0.05, 0) is 51.0 Å². The van der Waals surface area contributed by atoms with Crippen LogP contribution < -0.4 is 10.7 Å². The Hall–Kier alpha value is -3.14. The van der Waals surface area contributed by atoms with E-state index in [9.17, 15) is 9.59 Å². The van der Waals surface area contributed by atoms with Crippen molar-refractivity contribution in [1.29, 1.82) is 0 Å². The van der Waals surface area contributed by atoms with Gasteiger partial charge < -0.3 is 9.88 Å². The number of hydrogen-bond acceptors (Lipinski definition) is 2. The summed E-state index contributed by atoms with van der Waals surface area (Å²) in [6.45, 7) is 7.63. The highest BCUT2D eigenvalue weighted by molar-refractivity contribution is 6.05. The molecule has 0 aliphatic heterocycles. The van der Waals surface area contributed by atoms with Gasteiger partial charge in [0.1, 0.15) is 5.56 Å². The molecule has 0 radical (unpaired) electrons. The van der Waals surface area contributed by atoms with E-state index in [0.717, 1.165) is 22.5 Å². The molecule has 0 bridgehead atoms. The van der Waals surface area contributed by atoms with Crippen molar-refractivity contribution in [3.63, 3.8) is 0 Å². The van der Waals surface area contributed by atoms with Crippen molar-refractivity contribution in [2.24, 2.45) is 0 Å².